The van der Waals surface area contributed by atoms with Crippen molar-refractivity contribution in [2.75, 3.05) is 6.54 Å². The van der Waals surface area contributed by atoms with Gasteiger partial charge in [0.25, 0.3) is 0 Å². The Morgan fingerprint density at radius 2 is 1.87 bits per heavy atom. The summed E-state index contributed by atoms with van der Waals surface area (Å²) >= 11 is 0. The lowest BCUT2D eigenvalue weighted by Crippen LogP contribution is -2.37. The van der Waals surface area contributed by atoms with E-state index in [4.69, 9.17) is 4.42 Å². The van der Waals surface area contributed by atoms with Gasteiger partial charge in [-0.2, -0.15) is 0 Å². The zero-order valence-electron chi connectivity index (χ0n) is 14.5. The number of carbonyl (C=O) groups excluding carboxylic acids is 1. The minimum Gasteiger partial charge on any atom is -0.425 e. The molecular weight excluding hydrogens is 290 g/mol. The Kier molecular flexibility index (Phi) is 5.53. The highest BCUT2D eigenvalue weighted by molar-refractivity contribution is 5.78. The smallest absolute Gasteiger partial charge is 0.232 e. The molecule has 5 nitrogen and oxygen atoms in total. The minimum absolute atomic E-state index is 0.00937. The third-order valence-electron chi connectivity index (χ3n) is 3.86. The van der Waals surface area contributed by atoms with E-state index >= 15 is 0 Å². The Hall–Kier alpha value is -2.17. The molecule has 2 aromatic rings. The lowest BCUT2D eigenvalue weighted by molar-refractivity contribution is -0.133. The molecule has 0 N–H and O–H groups in total. The highest BCUT2D eigenvalue weighted by Gasteiger charge is 2.24. The molecule has 23 heavy (non-hydrogen) atoms. The van der Waals surface area contributed by atoms with Crippen molar-refractivity contribution in [3.05, 3.63) is 47.2 Å². The monoisotopic (exact) mass is 315 g/mol. The van der Waals surface area contributed by atoms with E-state index in [9.17, 15) is 4.79 Å². The molecule has 124 valence electrons. The molecule has 0 aliphatic carbocycles. The third kappa shape index (κ3) is 4.41. The van der Waals surface area contributed by atoms with Gasteiger partial charge in [-0.05, 0) is 30.9 Å². The second kappa shape index (κ2) is 7.40. The van der Waals surface area contributed by atoms with Crippen molar-refractivity contribution in [2.24, 2.45) is 5.92 Å². The molecule has 0 fully saturated rings. The zero-order chi connectivity index (χ0) is 17.0. The molecule has 0 saturated carbocycles. The predicted molar refractivity (Wildman–Crippen MR) is 88.9 cm³/mol. The molecule has 0 radical (unpaired) electrons. The minimum atomic E-state index is 0.00937. The van der Waals surface area contributed by atoms with Crippen molar-refractivity contribution in [3.63, 3.8) is 0 Å². The summed E-state index contributed by atoms with van der Waals surface area (Å²) in [6, 6.07) is 8.19. The summed E-state index contributed by atoms with van der Waals surface area (Å²) in [5.41, 5.74) is 2.36. The quantitative estimate of drug-likeness (QED) is 0.819. The number of rotatable bonds is 6. The van der Waals surface area contributed by atoms with Gasteiger partial charge in [-0.25, -0.2) is 0 Å². The van der Waals surface area contributed by atoms with Gasteiger partial charge in [0, 0.05) is 13.5 Å². The molecular formula is C18H25N3O2. The number of hydrogen-bond acceptors (Lipinski definition) is 4. The van der Waals surface area contributed by atoms with Gasteiger partial charge >= 0.3 is 0 Å². The number of aromatic nitrogens is 2. The van der Waals surface area contributed by atoms with Crippen LogP contribution >= 0.6 is 0 Å². The largest absolute Gasteiger partial charge is 0.425 e. The van der Waals surface area contributed by atoms with E-state index in [0.717, 1.165) is 0 Å². The van der Waals surface area contributed by atoms with Crippen LogP contribution in [0.1, 0.15) is 49.7 Å². The van der Waals surface area contributed by atoms with E-state index in [0.29, 0.717) is 24.2 Å². The number of hydrogen-bond donors (Lipinski definition) is 0. The molecule has 0 saturated heterocycles. The maximum absolute atomic E-state index is 12.8. The van der Waals surface area contributed by atoms with Gasteiger partial charge in [0.05, 0.1) is 6.04 Å². The molecule has 0 aliphatic heterocycles. The number of aryl methyl sites for hydroxylation is 2. The predicted octanol–water partition coefficient (Wildman–Crippen LogP) is 3.47. The van der Waals surface area contributed by atoms with Crippen molar-refractivity contribution < 1.29 is 9.21 Å². The fourth-order valence-electron chi connectivity index (χ4n) is 2.73. The SMILES string of the molecule is Cc1nnc(CC(=O)N(CC(C)C)[C@@H](C)c2ccccc2C)o1. The normalized spacial score (nSPS) is 12.4. The van der Waals surface area contributed by atoms with E-state index in [2.05, 4.69) is 50.0 Å². The van der Waals surface area contributed by atoms with Crippen LogP contribution in [-0.4, -0.2) is 27.5 Å². The van der Waals surface area contributed by atoms with E-state index in [1.54, 1.807) is 6.92 Å². The molecule has 5 heteroatoms. The van der Waals surface area contributed by atoms with Crippen LogP contribution in [0.4, 0.5) is 0 Å². The molecule has 1 atom stereocenters. The Labute approximate surface area is 137 Å². The lowest BCUT2D eigenvalue weighted by Gasteiger charge is -2.31. The Bertz CT molecular complexity index is 664. The second-order valence-electron chi connectivity index (χ2n) is 6.36. The van der Waals surface area contributed by atoms with Gasteiger partial charge in [0.15, 0.2) is 0 Å². The van der Waals surface area contributed by atoms with Crippen molar-refractivity contribution >= 4 is 5.91 Å². The van der Waals surface area contributed by atoms with Crippen LogP contribution in [0.2, 0.25) is 0 Å². The molecule has 0 unspecified atom stereocenters. The third-order valence-corrected chi connectivity index (χ3v) is 3.86. The van der Waals surface area contributed by atoms with Crippen molar-refractivity contribution in [1.82, 2.24) is 15.1 Å². The van der Waals surface area contributed by atoms with Crippen LogP contribution in [-0.2, 0) is 11.2 Å². The van der Waals surface area contributed by atoms with Crippen molar-refractivity contribution in [3.8, 4) is 0 Å². The van der Waals surface area contributed by atoms with Gasteiger partial charge in [-0.3, -0.25) is 4.79 Å². The van der Waals surface area contributed by atoms with E-state index in [-0.39, 0.29) is 18.4 Å². The standard InChI is InChI=1S/C18H25N3O2/c1-12(2)11-21(14(4)16-9-7-6-8-13(16)3)18(22)10-17-20-19-15(5)23-17/h6-9,12,14H,10-11H2,1-5H3/t14-/m0/s1. The Morgan fingerprint density at radius 3 is 2.43 bits per heavy atom. The molecule has 1 heterocycles. The molecule has 1 amide bonds. The van der Waals surface area contributed by atoms with Crippen molar-refractivity contribution in [1.29, 1.82) is 0 Å². The Balaban J connectivity index is 2.22. The first-order valence-electron chi connectivity index (χ1n) is 8.02. The van der Waals surface area contributed by atoms with Crippen LogP contribution < -0.4 is 0 Å². The summed E-state index contributed by atoms with van der Waals surface area (Å²) in [6.07, 6.45) is 0.143. The van der Waals surface area contributed by atoms with Crippen LogP contribution in [0.25, 0.3) is 0 Å². The fraction of sp³-hybridized carbons (Fsp3) is 0.500. The lowest BCUT2D eigenvalue weighted by atomic mass is 10.00. The average Bonchev–Trinajstić information content (AvgIpc) is 2.89. The zero-order valence-corrected chi connectivity index (χ0v) is 14.5. The topological polar surface area (TPSA) is 59.2 Å². The van der Waals surface area contributed by atoms with Crippen molar-refractivity contribution in [2.45, 2.75) is 47.1 Å². The molecule has 2 rings (SSSR count). The van der Waals surface area contributed by atoms with E-state index < -0.39 is 0 Å². The number of benzene rings is 1. The first-order valence-corrected chi connectivity index (χ1v) is 8.02. The average molecular weight is 315 g/mol. The molecule has 0 spiro atoms. The van der Waals surface area contributed by atoms with Gasteiger partial charge in [-0.15, -0.1) is 10.2 Å². The molecule has 1 aromatic heterocycles. The molecule has 0 aliphatic rings. The molecule has 1 aromatic carbocycles. The van der Waals surface area contributed by atoms with Gasteiger partial charge in [0.1, 0.15) is 6.42 Å². The second-order valence-corrected chi connectivity index (χ2v) is 6.36. The summed E-state index contributed by atoms with van der Waals surface area (Å²) in [5, 5.41) is 7.72. The van der Waals surface area contributed by atoms with Gasteiger partial charge < -0.3 is 9.32 Å². The van der Waals surface area contributed by atoms with Crippen LogP contribution in [0, 0.1) is 19.8 Å². The summed E-state index contributed by atoms with van der Waals surface area (Å²) in [4.78, 5) is 14.7. The van der Waals surface area contributed by atoms with E-state index in [1.807, 2.05) is 17.0 Å². The fourth-order valence-corrected chi connectivity index (χ4v) is 2.73. The first kappa shape index (κ1) is 17.2. The maximum Gasteiger partial charge on any atom is 0.232 e. The highest BCUT2D eigenvalue weighted by Crippen LogP contribution is 2.25. The maximum atomic E-state index is 12.8. The Morgan fingerprint density at radius 1 is 1.17 bits per heavy atom. The van der Waals surface area contributed by atoms with Gasteiger partial charge in [-0.1, -0.05) is 38.1 Å². The number of nitrogens with zero attached hydrogens (tertiary/aromatic N) is 3. The van der Waals surface area contributed by atoms with Crippen LogP contribution in [0.5, 0.6) is 0 Å². The summed E-state index contributed by atoms with van der Waals surface area (Å²) < 4.78 is 5.35. The summed E-state index contributed by atoms with van der Waals surface area (Å²) in [7, 11) is 0. The summed E-state index contributed by atoms with van der Waals surface area (Å²) in [5.74, 6) is 1.25. The van der Waals surface area contributed by atoms with Gasteiger partial charge in [0.2, 0.25) is 17.7 Å². The number of carbonyl (C=O) groups is 1. The first-order chi connectivity index (χ1) is 10.9. The number of amides is 1. The van der Waals surface area contributed by atoms with Crippen LogP contribution in [0.15, 0.2) is 28.7 Å². The van der Waals surface area contributed by atoms with Crippen LogP contribution in [0.3, 0.4) is 0 Å². The highest BCUT2D eigenvalue weighted by atomic mass is 16.4. The molecule has 0 bridgehead atoms. The summed E-state index contributed by atoms with van der Waals surface area (Å²) in [6.45, 7) is 10.8. The van der Waals surface area contributed by atoms with E-state index in [1.165, 1.54) is 11.1 Å².